The molecule has 0 saturated heterocycles. The topological polar surface area (TPSA) is 55.5 Å². The molecule has 0 heterocycles. The van der Waals surface area contributed by atoms with Gasteiger partial charge in [0.15, 0.2) is 0 Å². The van der Waals surface area contributed by atoms with E-state index in [0.29, 0.717) is 11.8 Å². The average molecular weight is 301 g/mol. The minimum absolute atomic E-state index is 0.0965. The van der Waals surface area contributed by atoms with Crippen LogP contribution in [0.2, 0.25) is 0 Å². The molecule has 0 bridgehead atoms. The Bertz CT molecular complexity index is 599. The second-order valence-corrected chi connectivity index (χ2v) is 7.85. The molecule has 0 spiro atoms. The zero-order valence-electron chi connectivity index (χ0n) is 13.6. The van der Waals surface area contributed by atoms with E-state index in [2.05, 4.69) is 19.1 Å². The van der Waals surface area contributed by atoms with Crippen LogP contribution in [0.5, 0.6) is 5.75 Å². The number of hydrogen-bond acceptors (Lipinski definition) is 3. The predicted molar refractivity (Wildman–Crippen MR) is 88.0 cm³/mol. The van der Waals surface area contributed by atoms with Gasteiger partial charge in [-0.25, -0.2) is 0 Å². The zero-order valence-corrected chi connectivity index (χ0v) is 13.6. The second-order valence-electron chi connectivity index (χ2n) is 7.85. The van der Waals surface area contributed by atoms with Crippen LogP contribution in [0.3, 0.4) is 0 Å². The monoisotopic (exact) mass is 301 g/mol. The molecule has 0 aromatic heterocycles. The number of rotatable bonds is 1. The van der Waals surface area contributed by atoms with Gasteiger partial charge in [0.05, 0.1) is 18.9 Å². The summed E-state index contributed by atoms with van der Waals surface area (Å²) in [4.78, 5) is 0. The Hall–Kier alpha value is -1.22. The first kappa shape index (κ1) is 14.4. The number of benzene rings is 1. The lowest BCUT2D eigenvalue weighted by molar-refractivity contribution is -0.0226. The van der Waals surface area contributed by atoms with Crippen LogP contribution < -0.4 is 10.5 Å². The number of anilines is 1. The molecule has 3 heteroatoms. The second kappa shape index (κ2) is 4.89. The Balaban J connectivity index is 1.71. The number of aryl methyl sites for hydroxylation is 1. The summed E-state index contributed by atoms with van der Waals surface area (Å²) in [6.45, 7) is 2.32. The maximum absolute atomic E-state index is 10.4. The van der Waals surface area contributed by atoms with E-state index in [-0.39, 0.29) is 11.5 Å². The van der Waals surface area contributed by atoms with Gasteiger partial charge in [0.2, 0.25) is 0 Å². The van der Waals surface area contributed by atoms with Gasteiger partial charge in [0, 0.05) is 0 Å². The van der Waals surface area contributed by atoms with Crippen molar-refractivity contribution in [1.29, 1.82) is 0 Å². The van der Waals surface area contributed by atoms with Gasteiger partial charge < -0.3 is 15.6 Å². The maximum Gasteiger partial charge on any atom is 0.142 e. The molecule has 1 aromatic rings. The molecule has 0 radical (unpaired) electrons. The molecule has 3 nitrogen and oxygen atoms in total. The average Bonchev–Trinajstić information content (AvgIpc) is 2.82. The van der Waals surface area contributed by atoms with Crippen molar-refractivity contribution >= 4 is 5.69 Å². The van der Waals surface area contributed by atoms with E-state index in [1.807, 2.05) is 0 Å². The van der Waals surface area contributed by atoms with Crippen LogP contribution in [-0.4, -0.2) is 18.3 Å². The Morgan fingerprint density at radius 3 is 2.82 bits per heavy atom. The number of fused-ring (bicyclic) bond motifs is 5. The van der Waals surface area contributed by atoms with Crippen molar-refractivity contribution in [3.63, 3.8) is 0 Å². The highest BCUT2D eigenvalue weighted by atomic mass is 16.5. The molecule has 2 fully saturated rings. The fraction of sp³-hybridized carbons (Fsp3) is 0.684. The third-order valence-corrected chi connectivity index (χ3v) is 7.03. The van der Waals surface area contributed by atoms with E-state index >= 15 is 0 Å². The SMILES string of the molecule is COc1cc2c(cc1N)C1CCC3(C)C(O)CCC3C1CC2. The van der Waals surface area contributed by atoms with E-state index in [1.54, 1.807) is 7.11 Å². The molecular formula is C19H27NO2. The van der Waals surface area contributed by atoms with Gasteiger partial charge in [-0.3, -0.25) is 0 Å². The van der Waals surface area contributed by atoms with E-state index in [0.717, 1.165) is 36.6 Å². The van der Waals surface area contributed by atoms with Crippen molar-refractivity contribution in [2.75, 3.05) is 12.8 Å². The van der Waals surface area contributed by atoms with Crippen molar-refractivity contribution in [1.82, 2.24) is 0 Å². The zero-order chi connectivity index (χ0) is 15.5. The van der Waals surface area contributed by atoms with Gasteiger partial charge >= 0.3 is 0 Å². The number of nitrogens with two attached hydrogens (primary N) is 1. The van der Waals surface area contributed by atoms with Gasteiger partial charge in [-0.2, -0.15) is 0 Å². The summed E-state index contributed by atoms with van der Waals surface area (Å²) in [6.07, 6.45) is 6.79. The molecule has 3 aliphatic rings. The minimum Gasteiger partial charge on any atom is -0.495 e. The number of aliphatic hydroxyl groups is 1. The minimum atomic E-state index is -0.0965. The highest BCUT2D eigenvalue weighted by Gasteiger charge is 2.54. The summed E-state index contributed by atoms with van der Waals surface area (Å²) in [5.74, 6) is 2.84. The number of hydrogen-bond donors (Lipinski definition) is 2. The van der Waals surface area contributed by atoms with E-state index in [9.17, 15) is 5.11 Å². The first-order valence-corrected chi connectivity index (χ1v) is 8.69. The molecule has 1 aromatic carbocycles. The Morgan fingerprint density at radius 2 is 2.05 bits per heavy atom. The van der Waals surface area contributed by atoms with Crippen LogP contribution in [-0.2, 0) is 6.42 Å². The molecule has 22 heavy (non-hydrogen) atoms. The summed E-state index contributed by atoms with van der Waals surface area (Å²) in [5.41, 5.74) is 9.96. The van der Waals surface area contributed by atoms with Gasteiger partial charge in [-0.05, 0) is 85.0 Å². The van der Waals surface area contributed by atoms with Gasteiger partial charge in [0.25, 0.3) is 0 Å². The quantitative estimate of drug-likeness (QED) is 0.781. The molecular weight excluding hydrogens is 274 g/mol. The lowest BCUT2D eigenvalue weighted by Crippen LogP contribution is -2.43. The summed E-state index contributed by atoms with van der Waals surface area (Å²) in [6, 6.07) is 4.32. The number of nitrogen functional groups attached to an aromatic ring is 1. The highest BCUT2D eigenvalue weighted by Crippen LogP contribution is 2.61. The standard InChI is InChI=1S/C19H27NO2/c1-19-8-7-12-13(15(19)5-6-18(19)21)4-3-11-9-17(22-2)16(20)10-14(11)12/h9-10,12-13,15,18,21H,3-8,20H2,1-2H3. The Morgan fingerprint density at radius 1 is 1.23 bits per heavy atom. The Kier molecular flexibility index (Phi) is 3.19. The fourth-order valence-corrected chi connectivity index (χ4v) is 5.77. The number of ether oxygens (including phenoxy) is 1. The molecule has 5 unspecified atom stereocenters. The van der Waals surface area contributed by atoms with Crippen LogP contribution in [0.4, 0.5) is 5.69 Å². The van der Waals surface area contributed by atoms with Crippen LogP contribution in [0.1, 0.15) is 56.1 Å². The third kappa shape index (κ3) is 1.84. The first-order chi connectivity index (χ1) is 10.5. The lowest BCUT2D eigenvalue weighted by atomic mass is 9.55. The molecule has 120 valence electrons. The summed E-state index contributed by atoms with van der Waals surface area (Å²) >= 11 is 0. The molecule has 3 aliphatic carbocycles. The van der Waals surface area contributed by atoms with E-state index in [1.165, 1.54) is 30.4 Å². The largest absolute Gasteiger partial charge is 0.495 e. The van der Waals surface area contributed by atoms with Crippen molar-refractivity contribution in [2.24, 2.45) is 17.3 Å². The summed E-state index contributed by atoms with van der Waals surface area (Å²) in [5, 5.41) is 10.4. The molecule has 0 aliphatic heterocycles. The van der Waals surface area contributed by atoms with E-state index in [4.69, 9.17) is 10.5 Å². The fourth-order valence-electron chi connectivity index (χ4n) is 5.77. The van der Waals surface area contributed by atoms with Gasteiger partial charge in [-0.1, -0.05) is 6.92 Å². The van der Waals surface area contributed by atoms with Crippen LogP contribution >= 0.6 is 0 Å². The van der Waals surface area contributed by atoms with Crippen molar-refractivity contribution < 1.29 is 9.84 Å². The van der Waals surface area contributed by atoms with Crippen LogP contribution in [0, 0.1) is 17.3 Å². The summed E-state index contributed by atoms with van der Waals surface area (Å²) < 4.78 is 5.39. The number of aliphatic hydroxyl groups excluding tert-OH is 1. The smallest absolute Gasteiger partial charge is 0.142 e. The third-order valence-electron chi connectivity index (χ3n) is 7.03. The summed E-state index contributed by atoms with van der Waals surface area (Å²) in [7, 11) is 1.69. The van der Waals surface area contributed by atoms with Crippen molar-refractivity contribution in [3.05, 3.63) is 23.3 Å². The first-order valence-electron chi connectivity index (χ1n) is 8.69. The van der Waals surface area contributed by atoms with Crippen molar-refractivity contribution in [2.45, 2.75) is 57.5 Å². The normalized spacial score (nSPS) is 39.8. The molecule has 5 atom stereocenters. The van der Waals surface area contributed by atoms with Gasteiger partial charge in [0.1, 0.15) is 5.75 Å². The van der Waals surface area contributed by atoms with Crippen LogP contribution in [0.15, 0.2) is 12.1 Å². The molecule has 3 N–H and O–H groups in total. The highest BCUT2D eigenvalue weighted by molar-refractivity contribution is 5.58. The molecule has 4 rings (SSSR count). The predicted octanol–water partition coefficient (Wildman–Crippen LogP) is 3.49. The molecule has 2 saturated carbocycles. The maximum atomic E-state index is 10.4. The molecule has 0 amide bonds. The van der Waals surface area contributed by atoms with Crippen LogP contribution in [0.25, 0.3) is 0 Å². The lowest BCUT2D eigenvalue weighted by Gasteiger charge is -2.50. The van der Waals surface area contributed by atoms with E-state index < -0.39 is 0 Å². The Labute approximate surface area is 132 Å². The number of methoxy groups -OCH3 is 1. The van der Waals surface area contributed by atoms with Gasteiger partial charge in [-0.15, -0.1) is 0 Å². The van der Waals surface area contributed by atoms with Crippen molar-refractivity contribution in [3.8, 4) is 5.75 Å².